The van der Waals surface area contributed by atoms with Gasteiger partial charge < -0.3 is 9.67 Å². The van der Waals surface area contributed by atoms with Crippen molar-refractivity contribution >= 4 is 22.6 Å². The van der Waals surface area contributed by atoms with Crippen LogP contribution in [-0.4, -0.2) is 31.4 Å². The van der Waals surface area contributed by atoms with Crippen LogP contribution in [0.1, 0.15) is 35.8 Å². The predicted octanol–water partition coefficient (Wildman–Crippen LogP) is 2.61. The average molecular weight is 345 g/mol. The molecule has 126 valence electrons. The molecule has 0 aliphatic carbocycles. The highest BCUT2D eigenvalue weighted by Gasteiger charge is 2.52. The van der Waals surface area contributed by atoms with Gasteiger partial charge in [0.1, 0.15) is 0 Å². The molecular formula is C18H19NO4S. The number of aryl methyl sites for hydroxylation is 1. The summed E-state index contributed by atoms with van der Waals surface area (Å²) in [6.07, 6.45) is 2.80. The number of ketones is 1. The van der Waals surface area contributed by atoms with E-state index in [1.807, 2.05) is 11.5 Å². The summed E-state index contributed by atoms with van der Waals surface area (Å²) in [6, 6.07) is 10.0. The van der Waals surface area contributed by atoms with Crippen LogP contribution in [0, 0.1) is 0 Å². The lowest BCUT2D eigenvalue weighted by molar-refractivity contribution is -0.141. The maximum Gasteiger partial charge on any atom is 0.323 e. The van der Waals surface area contributed by atoms with Gasteiger partial charge in [0.2, 0.25) is 0 Å². The number of carboxylic acids is 1. The molecule has 1 aromatic carbocycles. The Kier molecular flexibility index (Phi) is 4.41. The van der Waals surface area contributed by atoms with Gasteiger partial charge in [0.25, 0.3) is 0 Å². The molecule has 0 radical (unpaired) electrons. The summed E-state index contributed by atoms with van der Waals surface area (Å²) in [6.45, 7) is 2.45. The minimum absolute atomic E-state index is 0.236. The summed E-state index contributed by atoms with van der Waals surface area (Å²) >= 11 is 0. The standard InChI is InChI=1S/C18H19NO4S/c1-2-11-24(23)14-6-3-5-13(12-14)16(20)18(17(21)22)8-10-19-9-4-7-15(18)19/h3-7,9,12H,2,8,10-11H2,1H3,(H,21,22). The fourth-order valence-electron chi connectivity index (χ4n) is 3.28. The molecule has 1 aliphatic heterocycles. The topological polar surface area (TPSA) is 76.4 Å². The quantitative estimate of drug-likeness (QED) is 0.645. The zero-order valence-corrected chi connectivity index (χ0v) is 14.2. The van der Waals surface area contributed by atoms with Crippen molar-refractivity contribution < 1.29 is 18.9 Å². The number of rotatable bonds is 6. The number of benzene rings is 1. The number of nitrogens with zero attached hydrogens (tertiary/aromatic N) is 1. The fourth-order valence-corrected chi connectivity index (χ4v) is 4.38. The summed E-state index contributed by atoms with van der Waals surface area (Å²) < 4.78 is 14.0. The van der Waals surface area contributed by atoms with Gasteiger partial charge in [-0.15, -0.1) is 0 Å². The van der Waals surface area contributed by atoms with Crippen LogP contribution >= 0.6 is 0 Å². The highest BCUT2D eigenvalue weighted by Crippen LogP contribution is 2.38. The Morgan fingerprint density at radius 2 is 2.08 bits per heavy atom. The van der Waals surface area contributed by atoms with E-state index in [0.29, 0.717) is 28.5 Å². The van der Waals surface area contributed by atoms with Gasteiger partial charge in [-0.3, -0.25) is 13.8 Å². The van der Waals surface area contributed by atoms with Gasteiger partial charge in [-0.05, 0) is 37.1 Å². The molecule has 1 aromatic heterocycles. The third-order valence-electron chi connectivity index (χ3n) is 4.50. The van der Waals surface area contributed by atoms with E-state index in [2.05, 4.69) is 0 Å². The van der Waals surface area contributed by atoms with E-state index in [-0.39, 0.29) is 6.42 Å². The number of aliphatic carboxylic acids is 1. The van der Waals surface area contributed by atoms with Crippen molar-refractivity contribution in [2.75, 3.05) is 5.75 Å². The normalized spacial score (nSPS) is 20.5. The number of carbonyl (C=O) groups excluding carboxylic acids is 1. The second-order valence-electron chi connectivity index (χ2n) is 5.95. The third-order valence-corrected chi connectivity index (χ3v) is 6.05. The highest BCUT2D eigenvalue weighted by atomic mass is 32.2. The van der Waals surface area contributed by atoms with Crippen LogP contribution in [0.2, 0.25) is 0 Å². The molecule has 0 saturated heterocycles. The molecule has 1 N–H and O–H groups in total. The second-order valence-corrected chi connectivity index (χ2v) is 7.52. The van der Waals surface area contributed by atoms with Gasteiger partial charge in [-0.1, -0.05) is 19.1 Å². The van der Waals surface area contributed by atoms with E-state index in [9.17, 15) is 18.9 Å². The van der Waals surface area contributed by atoms with E-state index in [0.717, 1.165) is 6.42 Å². The van der Waals surface area contributed by atoms with Crippen LogP contribution in [0.4, 0.5) is 0 Å². The Morgan fingerprint density at radius 1 is 1.29 bits per heavy atom. The molecule has 0 fully saturated rings. The van der Waals surface area contributed by atoms with E-state index in [1.165, 1.54) is 0 Å². The summed E-state index contributed by atoms with van der Waals surface area (Å²) in [5, 5.41) is 9.83. The number of aromatic nitrogens is 1. The van der Waals surface area contributed by atoms with Gasteiger partial charge in [-0.2, -0.15) is 0 Å². The van der Waals surface area contributed by atoms with Crippen molar-refractivity contribution in [2.45, 2.75) is 36.6 Å². The Hall–Kier alpha value is -2.21. The fraction of sp³-hybridized carbons (Fsp3) is 0.333. The van der Waals surface area contributed by atoms with Crippen LogP contribution in [0.15, 0.2) is 47.5 Å². The molecule has 3 rings (SSSR count). The minimum atomic E-state index is -1.56. The first kappa shape index (κ1) is 16.6. The Morgan fingerprint density at radius 3 is 2.79 bits per heavy atom. The number of carbonyl (C=O) groups is 2. The zero-order chi connectivity index (χ0) is 17.3. The SMILES string of the molecule is CCCS(=O)c1cccc(C(=O)C2(C(=O)O)CCn3cccc32)c1. The summed E-state index contributed by atoms with van der Waals surface area (Å²) in [4.78, 5) is 25.7. The van der Waals surface area contributed by atoms with Gasteiger partial charge >= 0.3 is 5.97 Å². The van der Waals surface area contributed by atoms with E-state index >= 15 is 0 Å². The van der Waals surface area contributed by atoms with Gasteiger partial charge in [0.15, 0.2) is 11.2 Å². The number of Topliss-reactive ketones (excluding diaryl/α,β-unsaturated/α-hetero) is 1. The first-order valence-corrected chi connectivity index (χ1v) is 9.25. The monoisotopic (exact) mass is 345 g/mol. The van der Waals surface area contributed by atoms with Crippen LogP contribution < -0.4 is 0 Å². The molecule has 5 nitrogen and oxygen atoms in total. The van der Waals surface area contributed by atoms with Crippen molar-refractivity contribution in [2.24, 2.45) is 0 Å². The molecule has 0 amide bonds. The molecule has 0 bridgehead atoms. The lowest BCUT2D eigenvalue weighted by Crippen LogP contribution is -2.42. The summed E-state index contributed by atoms with van der Waals surface area (Å²) in [5.74, 6) is -1.06. The van der Waals surface area contributed by atoms with Crippen molar-refractivity contribution in [1.82, 2.24) is 4.57 Å². The Labute approximate surface area is 142 Å². The average Bonchev–Trinajstić information content (AvgIpc) is 3.17. The van der Waals surface area contributed by atoms with Crippen LogP contribution in [0.5, 0.6) is 0 Å². The molecule has 24 heavy (non-hydrogen) atoms. The maximum absolute atomic E-state index is 13.1. The maximum atomic E-state index is 13.1. The number of fused-ring (bicyclic) bond motifs is 1. The molecular weight excluding hydrogens is 326 g/mol. The first-order valence-electron chi connectivity index (χ1n) is 7.93. The molecule has 0 spiro atoms. The van der Waals surface area contributed by atoms with Crippen molar-refractivity contribution in [3.63, 3.8) is 0 Å². The lowest BCUT2D eigenvalue weighted by Gasteiger charge is -2.22. The Balaban J connectivity index is 2.04. The number of carboxylic acid groups (broad SMARTS) is 1. The lowest BCUT2D eigenvalue weighted by atomic mass is 9.76. The summed E-state index contributed by atoms with van der Waals surface area (Å²) in [7, 11) is -1.18. The second kappa shape index (κ2) is 6.36. The number of hydrogen-bond acceptors (Lipinski definition) is 3. The van der Waals surface area contributed by atoms with Crippen LogP contribution in [-0.2, 0) is 27.6 Å². The van der Waals surface area contributed by atoms with Crippen molar-refractivity contribution in [1.29, 1.82) is 0 Å². The minimum Gasteiger partial charge on any atom is -0.480 e. The van der Waals surface area contributed by atoms with Crippen molar-refractivity contribution in [3.05, 3.63) is 53.9 Å². The largest absolute Gasteiger partial charge is 0.480 e. The zero-order valence-electron chi connectivity index (χ0n) is 13.4. The van der Waals surface area contributed by atoms with Gasteiger partial charge in [-0.25, -0.2) is 0 Å². The van der Waals surface area contributed by atoms with Gasteiger partial charge in [0, 0.05) is 34.6 Å². The molecule has 6 heteroatoms. The molecule has 2 heterocycles. The predicted molar refractivity (Wildman–Crippen MR) is 90.7 cm³/mol. The molecule has 2 atom stereocenters. The summed E-state index contributed by atoms with van der Waals surface area (Å²) in [5.41, 5.74) is -0.747. The van der Waals surface area contributed by atoms with Crippen LogP contribution in [0.3, 0.4) is 0 Å². The highest BCUT2D eigenvalue weighted by molar-refractivity contribution is 7.85. The molecule has 2 unspecified atom stereocenters. The van der Waals surface area contributed by atoms with E-state index in [1.54, 1.807) is 42.6 Å². The first-order chi connectivity index (χ1) is 11.5. The molecule has 2 aromatic rings. The van der Waals surface area contributed by atoms with Crippen molar-refractivity contribution in [3.8, 4) is 0 Å². The Bertz CT molecular complexity index is 826. The molecule has 1 aliphatic rings. The third kappa shape index (κ3) is 2.51. The number of hydrogen-bond donors (Lipinski definition) is 1. The smallest absolute Gasteiger partial charge is 0.323 e. The van der Waals surface area contributed by atoms with Gasteiger partial charge in [0.05, 0.1) is 10.8 Å². The van der Waals surface area contributed by atoms with E-state index in [4.69, 9.17) is 0 Å². The molecule has 0 saturated carbocycles. The van der Waals surface area contributed by atoms with Crippen LogP contribution in [0.25, 0.3) is 0 Å². The van der Waals surface area contributed by atoms with E-state index < -0.39 is 28.0 Å².